The first-order valence-corrected chi connectivity index (χ1v) is 10.2. The Morgan fingerprint density at radius 2 is 2.03 bits per heavy atom. The van der Waals surface area contributed by atoms with Crippen LogP contribution in [0.25, 0.3) is 11.3 Å². The first-order valence-electron chi connectivity index (χ1n) is 10.2. The van der Waals surface area contributed by atoms with Gasteiger partial charge in [-0.15, -0.1) is 0 Å². The molecule has 1 amide bonds. The SMILES string of the molecule is Cn1cc(-c2cccc(Nc3cc(N[C@@H]4CCCC[C@@H]4N)ccc3C(N)=O)n2)cn1. The third-order valence-electron chi connectivity index (χ3n) is 5.47. The van der Waals surface area contributed by atoms with Gasteiger partial charge in [-0.2, -0.15) is 5.10 Å². The molecule has 156 valence electrons. The van der Waals surface area contributed by atoms with Gasteiger partial charge in [0.15, 0.2) is 0 Å². The molecule has 2 aromatic heterocycles. The molecule has 1 aliphatic carbocycles. The number of aryl methyl sites for hydroxylation is 1. The van der Waals surface area contributed by atoms with Crippen LogP contribution >= 0.6 is 0 Å². The Balaban J connectivity index is 1.60. The van der Waals surface area contributed by atoms with E-state index in [1.165, 1.54) is 12.8 Å². The number of carbonyl (C=O) groups excluding carboxylic acids is 1. The monoisotopic (exact) mass is 405 g/mol. The first-order chi connectivity index (χ1) is 14.5. The average Bonchev–Trinajstić information content (AvgIpc) is 3.16. The molecule has 30 heavy (non-hydrogen) atoms. The number of nitrogens with two attached hydrogens (primary N) is 2. The highest BCUT2D eigenvalue weighted by Gasteiger charge is 2.22. The number of hydrogen-bond donors (Lipinski definition) is 4. The van der Waals surface area contributed by atoms with E-state index in [1.54, 1.807) is 16.9 Å². The molecule has 1 aliphatic rings. The zero-order valence-corrected chi connectivity index (χ0v) is 17.0. The van der Waals surface area contributed by atoms with E-state index in [-0.39, 0.29) is 12.1 Å². The van der Waals surface area contributed by atoms with E-state index in [0.29, 0.717) is 17.1 Å². The molecule has 0 saturated heterocycles. The smallest absolute Gasteiger partial charge is 0.250 e. The van der Waals surface area contributed by atoms with Crippen LogP contribution in [0.1, 0.15) is 36.0 Å². The molecule has 2 atom stereocenters. The van der Waals surface area contributed by atoms with E-state index in [4.69, 9.17) is 11.5 Å². The van der Waals surface area contributed by atoms with Gasteiger partial charge >= 0.3 is 0 Å². The van der Waals surface area contributed by atoms with Gasteiger partial charge in [-0.25, -0.2) is 4.98 Å². The third kappa shape index (κ3) is 4.44. The number of carbonyl (C=O) groups is 1. The highest BCUT2D eigenvalue weighted by atomic mass is 16.1. The van der Waals surface area contributed by atoms with Gasteiger partial charge in [0.25, 0.3) is 5.91 Å². The number of pyridine rings is 1. The van der Waals surface area contributed by atoms with Gasteiger partial charge in [0.2, 0.25) is 0 Å². The van der Waals surface area contributed by atoms with Crippen LogP contribution in [0, 0.1) is 0 Å². The highest BCUT2D eigenvalue weighted by Crippen LogP contribution is 2.28. The van der Waals surface area contributed by atoms with Crippen LogP contribution in [0.2, 0.25) is 0 Å². The van der Waals surface area contributed by atoms with E-state index < -0.39 is 5.91 Å². The van der Waals surface area contributed by atoms with Crippen LogP contribution < -0.4 is 22.1 Å². The molecule has 0 bridgehead atoms. The third-order valence-corrected chi connectivity index (χ3v) is 5.47. The second kappa shape index (κ2) is 8.54. The molecule has 8 heteroatoms. The normalized spacial score (nSPS) is 18.7. The maximum atomic E-state index is 12.0. The highest BCUT2D eigenvalue weighted by molar-refractivity contribution is 5.99. The number of nitrogens with zero attached hydrogens (tertiary/aromatic N) is 3. The predicted octanol–water partition coefficient (Wildman–Crippen LogP) is 3.01. The van der Waals surface area contributed by atoms with Crippen molar-refractivity contribution < 1.29 is 4.79 Å². The van der Waals surface area contributed by atoms with Crippen molar-refractivity contribution >= 4 is 23.1 Å². The largest absolute Gasteiger partial charge is 0.381 e. The molecule has 6 N–H and O–H groups in total. The fourth-order valence-electron chi connectivity index (χ4n) is 3.86. The van der Waals surface area contributed by atoms with E-state index in [0.717, 1.165) is 29.8 Å². The van der Waals surface area contributed by atoms with Crippen molar-refractivity contribution in [3.05, 3.63) is 54.4 Å². The lowest BCUT2D eigenvalue weighted by atomic mass is 9.91. The molecule has 0 radical (unpaired) electrons. The molecule has 8 nitrogen and oxygen atoms in total. The van der Waals surface area contributed by atoms with Crippen LogP contribution in [0.5, 0.6) is 0 Å². The lowest BCUT2D eigenvalue weighted by molar-refractivity contribution is 0.100. The molecular formula is C22H27N7O. The van der Waals surface area contributed by atoms with Crippen molar-refractivity contribution in [1.29, 1.82) is 0 Å². The summed E-state index contributed by atoms with van der Waals surface area (Å²) < 4.78 is 1.73. The minimum Gasteiger partial charge on any atom is -0.381 e. The van der Waals surface area contributed by atoms with Crippen molar-refractivity contribution in [3.8, 4) is 11.3 Å². The van der Waals surface area contributed by atoms with E-state index in [9.17, 15) is 4.79 Å². The molecule has 1 fully saturated rings. The summed E-state index contributed by atoms with van der Waals surface area (Å²) in [6.07, 6.45) is 8.06. The van der Waals surface area contributed by atoms with Gasteiger partial charge < -0.3 is 22.1 Å². The van der Waals surface area contributed by atoms with E-state index >= 15 is 0 Å². The number of anilines is 3. The van der Waals surface area contributed by atoms with Crippen molar-refractivity contribution in [1.82, 2.24) is 14.8 Å². The van der Waals surface area contributed by atoms with Crippen molar-refractivity contribution in [2.45, 2.75) is 37.8 Å². The van der Waals surface area contributed by atoms with Gasteiger partial charge in [0.05, 0.1) is 23.1 Å². The van der Waals surface area contributed by atoms with Gasteiger partial charge in [0, 0.05) is 36.6 Å². The molecular weight excluding hydrogens is 378 g/mol. The standard InChI is InChI=1S/C22H27N7O/c1-29-13-14(12-25-29)18-7-4-8-21(27-18)28-20-11-15(9-10-16(20)22(24)30)26-19-6-3-2-5-17(19)23/h4,7-13,17,19,26H,2-3,5-6,23H2,1H3,(H2,24,30)(H,27,28)/t17-,19+/m0/s1. The minimum atomic E-state index is -0.498. The van der Waals surface area contributed by atoms with Crippen LogP contribution in [-0.2, 0) is 7.05 Å². The Morgan fingerprint density at radius 3 is 2.77 bits per heavy atom. The van der Waals surface area contributed by atoms with E-state index in [2.05, 4.69) is 20.7 Å². The fraction of sp³-hybridized carbons (Fsp3) is 0.318. The number of aromatic nitrogens is 3. The quantitative estimate of drug-likeness (QED) is 0.500. The van der Waals surface area contributed by atoms with Gasteiger partial charge in [0.1, 0.15) is 5.82 Å². The molecule has 3 aromatic rings. The lowest BCUT2D eigenvalue weighted by Gasteiger charge is -2.30. The lowest BCUT2D eigenvalue weighted by Crippen LogP contribution is -2.42. The molecule has 1 saturated carbocycles. The summed E-state index contributed by atoms with van der Waals surface area (Å²) in [6.45, 7) is 0. The number of amides is 1. The Kier molecular flexibility index (Phi) is 5.67. The Hall–Kier alpha value is -3.39. The summed E-state index contributed by atoms with van der Waals surface area (Å²) >= 11 is 0. The van der Waals surface area contributed by atoms with Crippen molar-refractivity contribution in [3.63, 3.8) is 0 Å². The molecule has 1 aromatic carbocycles. The number of benzene rings is 1. The molecule has 4 rings (SSSR count). The second-order valence-electron chi connectivity index (χ2n) is 7.76. The summed E-state index contributed by atoms with van der Waals surface area (Å²) in [5.74, 6) is 0.118. The Labute approximate surface area is 175 Å². The van der Waals surface area contributed by atoms with Crippen molar-refractivity contribution in [2.24, 2.45) is 18.5 Å². The zero-order valence-electron chi connectivity index (χ0n) is 17.0. The van der Waals surface area contributed by atoms with Gasteiger partial charge in [-0.05, 0) is 43.2 Å². The number of nitrogens with one attached hydrogen (secondary N) is 2. The Morgan fingerprint density at radius 1 is 1.20 bits per heavy atom. The van der Waals surface area contributed by atoms with E-state index in [1.807, 2.05) is 43.6 Å². The molecule has 0 aliphatic heterocycles. The predicted molar refractivity (Wildman–Crippen MR) is 119 cm³/mol. The van der Waals surface area contributed by atoms with Crippen molar-refractivity contribution in [2.75, 3.05) is 10.6 Å². The molecule has 0 unspecified atom stereocenters. The molecule has 0 spiro atoms. The van der Waals surface area contributed by atoms with Crippen LogP contribution in [0.3, 0.4) is 0 Å². The summed E-state index contributed by atoms with van der Waals surface area (Å²) in [6, 6.07) is 11.5. The van der Waals surface area contributed by atoms with Crippen LogP contribution in [-0.4, -0.2) is 32.8 Å². The topological polar surface area (TPSA) is 124 Å². The number of hydrogen-bond acceptors (Lipinski definition) is 6. The average molecular weight is 406 g/mol. The second-order valence-corrected chi connectivity index (χ2v) is 7.76. The van der Waals surface area contributed by atoms with Gasteiger partial charge in [-0.3, -0.25) is 9.48 Å². The summed E-state index contributed by atoms with van der Waals surface area (Å²) in [4.78, 5) is 16.6. The molecule has 2 heterocycles. The summed E-state index contributed by atoms with van der Waals surface area (Å²) in [7, 11) is 1.86. The fourth-order valence-corrected chi connectivity index (χ4v) is 3.86. The van der Waals surface area contributed by atoms with Gasteiger partial charge in [-0.1, -0.05) is 18.9 Å². The zero-order chi connectivity index (χ0) is 21.1. The maximum Gasteiger partial charge on any atom is 0.250 e. The van der Waals surface area contributed by atoms with Crippen LogP contribution in [0.15, 0.2) is 48.8 Å². The maximum absolute atomic E-state index is 12.0. The summed E-state index contributed by atoms with van der Waals surface area (Å²) in [5.41, 5.74) is 15.5. The summed E-state index contributed by atoms with van der Waals surface area (Å²) in [5, 5.41) is 11.0. The number of rotatable bonds is 6. The minimum absolute atomic E-state index is 0.129. The number of primary amides is 1. The van der Waals surface area contributed by atoms with Crippen LogP contribution in [0.4, 0.5) is 17.2 Å². The Bertz CT molecular complexity index is 1050. The first kappa shape index (κ1) is 19.9.